The fourth-order valence-electron chi connectivity index (χ4n) is 2.40. The standard InChI is InChI=1S/C17H24N2O6/c1-13(15-6-8-18-9-7-15)19-24-10-4-3-5-14-11-22-17(2,23-12-14)25-16(20)21/h6-9,14H,3-5,10-12H2,1-2H3,(H,20,21). The van der Waals surface area contributed by atoms with Crippen LogP contribution in [0.5, 0.6) is 0 Å². The second kappa shape index (κ2) is 9.33. The van der Waals surface area contributed by atoms with Crippen molar-refractivity contribution in [2.24, 2.45) is 11.1 Å². The Kier molecular flexibility index (Phi) is 7.15. The summed E-state index contributed by atoms with van der Waals surface area (Å²) in [5.41, 5.74) is 1.80. The average Bonchev–Trinajstić information content (AvgIpc) is 2.59. The van der Waals surface area contributed by atoms with Gasteiger partial charge in [-0.2, -0.15) is 0 Å². The Bertz CT molecular complexity index is 570. The predicted octanol–water partition coefficient (Wildman–Crippen LogP) is 3.02. The molecule has 1 aliphatic rings. The van der Waals surface area contributed by atoms with Gasteiger partial charge in [0.1, 0.15) is 6.61 Å². The molecule has 0 aromatic carbocycles. The molecule has 1 N–H and O–H groups in total. The molecule has 2 heterocycles. The van der Waals surface area contributed by atoms with Gasteiger partial charge in [-0.1, -0.05) is 5.16 Å². The Morgan fingerprint density at radius 2 is 2.04 bits per heavy atom. The highest BCUT2D eigenvalue weighted by molar-refractivity contribution is 5.98. The van der Waals surface area contributed by atoms with Gasteiger partial charge in [0, 0.05) is 30.8 Å². The van der Waals surface area contributed by atoms with Crippen molar-refractivity contribution in [2.45, 2.75) is 39.1 Å². The van der Waals surface area contributed by atoms with Crippen molar-refractivity contribution in [2.75, 3.05) is 19.8 Å². The number of hydrogen-bond donors (Lipinski definition) is 1. The second-order valence-corrected chi connectivity index (χ2v) is 5.96. The monoisotopic (exact) mass is 352 g/mol. The minimum atomic E-state index is -1.50. The average molecular weight is 352 g/mol. The zero-order chi connectivity index (χ0) is 18.1. The highest BCUT2D eigenvalue weighted by Crippen LogP contribution is 2.25. The third-order valence-corrected chi connectivity index (χ3v) is 3.83. The number of rotatable bonds is 8. The van der Waals surface area contributed by atoms with E-state index in [9.17, 15) is 4.79 Å². The summed E-state index contributed by atoms with van der Waals surface area (Å²) in [6.07, 6.45) is 4.73. The molecule has 0 unspecified atom stereocenters. The molecule has 8 heteroatoms. The maximum Gasteiger partial charge on any atom is 0.510 e. The Hall–Kier alpha value is -2.19. The van der Waals surface area contributed by atoms with Crippen LogP contribution in [-0.2, 0) is 19.0 Å². The van der Waals surface area contributed by atoms with E-state index in [2.05, 4.69) is 14.9 Å². The van der Waals surface area contributed by atoms with E-state index in [0.717, 1.165) is 30.5 Å². The molecule has 1 saturated heterocycles. The molecule has 8 nitrogen and oxygen atoms in total. The second-order valence-electron chi connectivity index (χ2n) is 5.96. The number of hydrogen-bond acceptors (Lipinski definition) is 7. The van der Waals surface area contributed by atoms with E-state index in [4.69, 9.17) is 19.4 Å². The molecular weight excluding hydrogens is 328 g/mol. The smallest absolute Gasteiger partial charge is 0.450 e. The zero-order valence-electron chi connectivity index (χ0n) is 14.5. The van der Waals surface area contributed by atoms with Crippen LogP contribution >= 0.6 is 0 Å². The summed E-state index contributed by atoms with van der Waals surface area (Å²) in [4.78, 5) is 19.9. The number of unbranched alkanes of at least 4 members (excludes halogenated alkanes) is 1. The minimum Gasteiger partial charge on any atom is -0.450 e. The van der Waals surface area contributed by atoms with Gasteiger partial charge in [-0.25, -0.2) is 4.79 Å². The fraction of sp³-hybridized carbons (Fsp3) is 0.588. The summed E-state index contributed by atoms with van der Waals surface area (Å²) < 4.78 is 15.3. The Morgan fingerprint density at radius 1 is 1.36 bits per heavy atom. The van der Waals surface area contributed by atoms with Crippen molar-refractivity contribution < 1.29 is 28.9 Å². The van der Waals surface area contributed by atoms with Crippen LogP contribution in [-0.4, -0.2) is 47.8 Å². The highest BCUT2D eigenvalue weighted by atomic mass is 16.9. The SMILES string of the molecule is CC(=NOCCCCC1COC(C)(OC(=O)O)OC1)c1ccncc1. The summed E-state index contributed by atoms with van der Waals surface area (Å²) in [7, 11) is 0. The lowest BCUT2D eigenvalue weighted by atomic mass is 10.0. The van der Waals surface area contributed by atoms with Crippen molar-refractivity contribution in [3.05, 3.63) is 30.1 Å². The van der Waals surface area contributed by atoms with E-state index < -0.39 is 12.1 Å². The summed E-state index contributed by atoms with van der Waals surface area (Å²) in [6.45, 7) is 4.70. The molecule has 0 radical (unpaired) electrons. The van der Waals surface area contributed by atoms with Gasteiger partial charge in [-0.15, -0.1) is 0 Å². The molecule has 1 aromatic rings. The van der Waals surface area contributed by atoms with E-state index in [1.165, 1.54) is 6.92 Å². The number of nitrogens with zero attached hydrogens (tertiary/aromatic N) is 2. The lowest BCUT2D eigenvalue weighted by Gasteiger charge is -2.35. The lowest BCUT2D eigenvalue weighted by molar-refractivity contribution is -0.379. The molecule has 0 atom stereocenters. The number of oxime groups is 1. The largest absolute Gasteiger partial charge is 0.510 e. The topological polar surface area (TPSA) is 99.5 Å². The third-order valence-electron chi connectivity index (χ3n) is 3.83. The highest BCUT2D eigenvalue weighted by Gasteiger charge is 2.36. The maximum atomic E-state index is 10.6. The third kappa shape index (κ3) is 6.67. The Labute approximate surface area is 146 Å². The van der Waals surface area contributed by atoms with E-state index in [0.29, 0.717) is 19.8 Å². The molecule has 0 spiro atoms. The van der Waals surface area contributed by atoms with Crippen LogP contribution in [0.3, 0.4) is 0 Å². The Morgan fingerprint density at radius 3 is 2.68 bits per heavy atom. The summed E-state index contributed by atoms with van der Waals surface area (Å²) in [5, 5.41) is 12.7. The molecule has 138 valence electrons. The van der Waals surface area contributed by atoms with Crippen LogP contribution in [0.1, 0.15) is 38.7 Å². The van der Waals surface area contributed by atoms with Crippen LogP contribution in [0, 0.1) is 5.92 Å². The lowest BCUT2D eigenvalue weighted by Crippen LogP contribution is -2.45. The number of carbonyl (C=O) groups is 1. The van der Waals surface area contributed by atoms with Gasteiger partial charge in [0.2, 0.25) is 0 Å². The number of pyridine rings is 1. The van der Waals surface area contributed by atoms with Crippen molar-refractivity contribution in [1.29, 1.82) is 0 Å². The van der Waals surface area contributed by atoms with E-state index in [1.54, 1.807) is 12.4 Å². The van der Waals surface area contributed by atoms with E-state index >= 15 is 0 Å². The summed E-state index contributed by atoms with van der Waals surface area (Å²) in [6, 6.07) is 3.76. The first-order valence-electron chi connectivity index (χ1n) is 8.25. The van der Waals surface area contributed by atoms with Gasteiger partial charge in [-0.3, -0.25) is 4.98 Å². The quantitative estimate of drug-likeness (QED) is 0.332. The van der Waals surface area contributed by atoms with Gasteiger partial charge >= 0.3 is 12.1 Å². The fourth-order valence-corrected chi connectivity index (χ4v) is 2.40. The molecular formula is C17H24N2O6. The zero-order valence-corrected chi connectivity index (χ0v) is 14.5. The molecule has 0 amide bonds. The van der Waals surface area contributed by atoms with Crippen LogP contribution in [0.15, 0.2) is 29.7 Å². The molecule has 0 bridgehead atoms. The molecule has 0 aliphatic carbocycles. The Balaban J connectivity index is 1.58. The van der Waals surface area contributed by atoms with Crippen LogP contribution in [0.2, 0.25) is 0 Å². The summed E-state index contributed by atoms with van der Waals surface area (Å²) >= 11 is 0. The van der Waals surface area contributed by atoms with Crippen LogP contribution in [0.25, 0.3) is 0 Å². The molecule has 1 aromatic heterocycles. The van der Waals surface area contributed by atoms with Crippen molar-refractivity contribution in [1.82, 2.24) is 4.98 Å². The molecule has 0 saturated carbocycles. The van der Waals surface area contributed by atoms with Gasteiger partial charge in [0.15, 0.2) is 0 Å². The van der Waals surface area contributed by atoms with Crippen molar-refractivity contribution in [3.8, 4) is 0 Å². The number of aromatic nitrogens is 1. The van der Waals surface area contributed by atoms with Crippen LogP contribution < -0.4 is 0 Å². The molecule has 2 rings (SSSR count). The van der Waals surface area contributed by atoms with Crippen molar-refractivity contribution in [3.63, 3.8) is 0 Å². The van der Waals surface area contributed by atoms with Crippen LogP contribution in [0.4, 0.5) is 4.79 Å². The number of ether oxygens (including phenoxy) is 3. The van der Waals surface area contributed by atoms with E-state index in [1.807, 2.05) is 19.1 Å². The predicted molar refractivity (Wildman–Crippen MR) is 89.2 cm³/mol. The van der Waals surface area contributed by atoms with Gasteiger partial charge in [-0.05, 0) is 38.3 Å². The normalized spacial score (nSPS) is 23.9. The first-order valence-corrected chi connectivity index (χ1v) is 8.25. The summed E-state index contributed by atoms with van der Waals surface area (Å²) in [5.74, 6) is -1.28. The van der Waals surface area contributed by atoms with Gasteiger partial charge < -0.3 is 24.2 Å². The maximum absolute atomic E-state index is 10.6. The first kappa shape index (κ1) is 19.1. The molecule has 1 fully saturated rings. The van der Waals surface area contributed by atoms with Gasteiger partial charge in [0.05, 0.1) is 18.9 Å². The van der Waals surface area contributed by atoms with E-state index in [-0.39, 0.29) is 5.92 Å². The first-order chi connectivity index (χ1) is 12.0. The number of carboxylic acid groups (broad SMARTS) is 1. The molecule has 1 aliphatic heterocycles. The minimum absolute atomic E-state index is 0.215. The molecule has 25 heavy (non-hydrogen) atoms. The van der Waals surface area contributed by atoms with Crippen molar-refractivity contribution >= 4 is 11.9 Å². The van der Waals surface area contributed by atoms with Gasteiger partial charge in [0.25, 0.3) is 0 Å².